The van der Waals surface area contributed by atoms with Crippen molar-refractivity contribution < 1.29 is 9.59 Å². The summed E-state index contributed by atoms with van der Waals surface area (Å²) in [6.07, 6.45) is 2.03. The van der Waals surface area contributed by atoms with Crippen LogP contribution in [-0.4, -0.2) is 58.4 Å². The maximum Gasteiger partial charge on any atom is 0.319 e. The molecule has 180 valence electrons. The first-order valence-corrected chi connectivity index (χ1v) is 11.8. The number of hydrogen-bond acceptors (Lipinski definition) is 4. The zero-order valence-corrected chi connectivity index (χ0v) is 20.8. The van der Waals surface area contributed by atoms with Crippen LogP contribution in [0.15, 0.2) is 48.7 Å². The molecular formula is C25H31ClN6O2. The first kappa shape index (κ1) is 23.9. The average Bonchev–Trinajstić information content (AvgIpc) is 3.18. The lowest BCUT2D eigenvalue weighted by molar-refractivity contribution is -0.136. The van der Waals surface area contributed by atoms with Crippen molar-refractivity contribution >= 4 is 40.7 Å². The third kappa shape index (κ3) is 5.28. The van der Waals surface area contributed by atoms with E-state index in [1.54, 1.807) is 24.3 Å². The summed E-state index contributed by atoms with van der Waals surface area (Å²) in [7, 11) is 0. The second kappa shape index (κ2) is 9.54. The number of piperazine rings is 1. The molecular weight excluding hydrogens is 452 g/mol. The number of aromatic nitrogens is 2. The standard InChI is InChI=1S/C25H31ClN6O2/c1-17-16-32-20(27-17)6-5-7-21(32)30-12-14-31(15-13-30)23(33)22(25(2,3)4)29-24(34)28-19-10-8-18(26)9-11-19/h5-11,16,22H,12-15H2,1-4H3,(H2,28,29,34)/t22-/m0/s1. The second-order valence-electron chi connectivity index (χ2n) is 9.71. The topological polar surface area (TPSA) is 82.0 Å². The number of hydrogen-bond donors (Lipinski definition) is 2. The highest BCUT2D eigenvalue weighted by atomic mass is 35.5. The van der Waals surface area contributed by atoms with Crippen LogP contribution in [0.25, 0.3) is 5.65 Å². The molecule has 4 rings (SSSR count). The normalized spacial score (nSPS) is 15.3. The van der Waals surface area contributed by atoms with Crippen LogP contribution in [0.3, 0.4) is 0 Å². The summed E-state index contributed by atoms with van der Waals surface area (Å²) in [5.41, 5.74) is 2.04. The van der Waals surface area contributed by atoms with E-state index in [4.69, 9.17) is 11.6 Å². The summed E-state index contributed by atoms with van der Waals surface area (Å²) in [6, 6.07) is 11.8. The van der Waals surface area contributed by atoms with Crippen molar-refractivity contribution in [1.29, 1.82) is 0 Å². The number of benzene rings is 1. The highest BCUT2D eigenvalue weighted by molar-refractivity contribution is 6.30. The number of imidazole rings is 1. The van der Waals surface area contributed by atoms with Gasteiger partial charge in [-0.25, -0.2) is 9.78 Å². The third-order valence-electron chi connectivity index (χ3n) is 6.00. The van der Waals surface area contributed by atoms with Crippen molar-refractivity contribution in [2.24, 2.45) is 5.41 Å². The molecule has 1 aliphatic rings. The van der Waals surface area contributed by atoms with Crippen LogP contribution in [0.2, 0.25) is 5.02 Å². The molecule has 1 atom stereocenters. The maximum absolute atomic E-state index is 13.5. The lowest BCUT2D eigenvalue weighted by Gasteiger charge is -2.40. The number of rotatable bonds is 4. The third-order valence-corrected chi connectivity index (χ3v) is 6.25. The smallest absolute Gasteiger partial charge is 0.319 e. The van der Waals surface area contributed by atoms with Gasteiger partial charge in [0.15, 0.2) is 0 Å². The molecule has 9 heteroatoms. The van der Waals surface area contributed by atoms with Crippen molar-refractivity contribution in [1.82, 2.24) is 19.6 Å². The van der Waals surface area contributed by atoms with Gasteiger partial charge in [0, 0.05) is 43.1 Å². The Morgan fingerprint density at radius 1 is 1.03 bits per heavy atom. The molecule has 3 heterocycles. The van der Waals surface area contributed by atoms with E-state index in [0.29, 0.717) is 36.9 Å². The summed E-state index contributed by atoms with van der Waals surface area (Å²) in [4.78, 5) is 34.8. The van der Waals surface area contributed by atoms with Crippen LogP contribution in [-0.2, 0) is 4.79 Å². The van der Waals surface area contributed by atoms with Crippen molar-refractivity contribution in [3.63, 3.8) is 0 Å². The van der Waals surface area contributed by atoms with Gasteiger partial charge in [0.2, 0.25) is 5.91 Å². The predicted octanol–water partition coefficient (Wildman–Crippen LogP) is 4.18. The number of nitrogens with one attached hydrogen (secondary N) is 2. The number of nitrogens with zero attached hydrogens (tertiary/aromatic N) is 4. The van der Waals surface area contributed by atoms with E-state index in [-0.39, 0.29) is 5.91 Å². The number of carbonyl (C=O) groups is 2. The Labute approximate surface area is 204 Å². The van der Waals surface area contributed by atoms with E-state index in [1.165, 1.54) is 0 Å². The minimum atomic E-state index is -0.661. The summed E-state index contributed by atoms with van der Waals surface area (Å²) < 4.78 is 2.09. The maximum atomic E-state index is 13.5. The fourth-order valence-electron chi connectivity index (χ4n) is 4.19. The van der Waals surface area contributed by atoms with Gasteiger partial charge >= 0.3 is 6.03 Å². The highest BCUT2D eigenvalue weighted by Gasteiger charge is 2.37. The molecule has 0 aliphatic carbocycles. The van der Waals surface area contributed by atoms with E-state index in [0.717, 1.165) is 17.2 Å². The van der Waals surface area contributed by atoms with Gasteiger partial charge in [-0.15, -0.1) is 0 Å². The van der Waals surface area contributed by atoms with E-state index in [2.05, 4.69) is 31.0 Å². The van der Waals surface area contributed by atoms with Gasteiger partial charge in [0.1, 0.15) is 17.5 Å². The molecule has 0 radical (unpaired) electrons. The molecule has 8 nitrogen and oxygen atoms in total. The van der Waals surface area contributed by atoms with Crippen LogP contribution < -0.4 is 15.5 Å². The SMILES string of the molecule is Cc1cn2c(N3CCN(C(=O)[C@H](NC(=O)Nc4ccc(Cl)cc4)C(C)(C)C)CC3)cccc2n1. The molecule has 2 aromatic heterocycles. The zero-order valence-electron chi connectivity index (χ0n) is 20.0. The molecule has 0 bridgehead atoms. The molecule has 1 fully saturated rings. The Bertz CT molecular complexity index is 1180. The summed E-state index contributed by atoms with van der Waals surface area (Å²) in [6.45, 7) is 10.4. The molecule has 0 unspecified atom stereocenters. The Hall–Kier alpha value is -3.26. The summed E-state index contributed by atoms with van der Waals surface area (Å²) in [5.74, 6) is 0.994. The van der Waals surface area contributed by atoms with Crippen LogP contribution in [0, 0.1) is 12.3 Å². The van der Waals surface area contributed by atoms with Crippen LogP contribution >= 0.6 is 11.6 Å². The number of carbonyl (C=O) groups excluding carboxylic acids is 2. The molecule has 1 saturated heterocycles. The lowest BCUT2D eigenvalue weighted by atomic mass is 9.85. The van der Waals surface area contributed by atoms with Crippen molar-refractivity contribution in [2.45, 2.75) is 33.7 Å². The minimum Gasteiger partial charge on any atom is -0.354 e. The molecule has 3 aromatic rings. The summed E-state index contributed by atoms with van der Waals surface area (Å²) in [5, 5.41) is 6.26. The summed E-state index contributed by atoms with van der Waals surface area (Å²) >= 11 is 5.91. The molecule has 2 N–H and O–H groups in total. The number of aryl methyl sites for hydroxylation is 1. The van der Waals surface area contributed by atoms with Gasteiger partial charge in [0.25, 0.3) is 0 Å². The van der Waals surface area contributed by atoms with E-state index < -0.39 is 17.5 Å². The molecule has 1 aromatic carbocycles. The van der Waals surface area contributed by atoms with Crippen LogP contribution in [0.5, 0.6) is 0 Å². The predicted molar refractivity (Wildman–Crippen MR) is 136 cm³/mol. The molecule has 0 spiro atoms. The van der Waals surface area contributed by atoms with Crippen molar-refractivity contribution in [3.05, 3.63) is 59.4 Å². The fraction of sp³-hybridized carbons (Fsp3) is 0.400. The van der Waals surface area contributed by atoms with Gasteiger partial charge in [-0.05, 0) is 48.7 Å². The zero-order chi connectivity index (χ0) is 24.5. The number of urea groups is 1. The number of halogens is 1. The van der Waals surface area contributed by atoms with Gasteiger partial charge in [-0.1, -0.05) is 38.4 Å². The number of fused-ring (bicyclic) bond motifs is 1. The molecule has 0 saturated carbocycles. The van der Waals surface area contributed by atoms with Gasteiger partial charge in [0.05, 0.1) is 5.69 Å². The Balaban J connectivity index is 1.41. The molecule has 1 aliphatic heterocycles. The van der Waals surface area contributed by atoms with E-state index in [1.807, 2.05) is 50.9 Å². The monoisotopic (exact) mass is 482 g/mol. The number of amides is 3. The lowest BCUT2D eigenvalue weighted by Crippen LogP contribution is -2.59. The largest absolute Gasteiger partial charge is 0.354 e. The van der Waals surface area contributed by atoms with Gasteiger partial charge < -0.3 is 20.4 Å². The van der Waals surface area contributed by atoms with Crippen molar-refractivity contribution in [3.8, 4) is 0 Å². The first-order valence-electron chi connectivity index (χ1n) is 11.4. The Morgan fingerprint density at radius 3 is 2.35 bits per heavy atom. The quantitative estimate of drug-likeness (QED) is 0.584. The molecule has 3 amide bonds. The Kier molecular flexibility index (Phi) is 6.70. The molecule has 34 heavy (non-hydrogen) atoms. The van der Waals surface area contributed by atoms with E-state index in [9.17, 15) is 9.59 Å². The average molecular weight is 483 g/mol. The van der Waals surface area contributed by atoms with E-state index >= 15 is 0 Å². The van der Waals surface area contributed by atoms with Gasteiger partial charge in [-0.2, -0.15) is 0 Å². The second-order valence-corrected chi connectivity index (χ2v) is 10.1. The van der Waals surface area contributed by atoms with Crippen molar-refractivity contribution in [2.75, 3.05) is 36.4 Å². The minimum absolute atomic E-state index is 0.0740. The number of anilines is 2. The highest BCUT2D eigenvalue weighted by Crippen LogP contribution is 2.24. The van der Waals surface area contributed by atoms with Crippen LogP contribution in [0.1, 0.15) is 26.5 Å². The van der Waals surface area contributed by atoms with Crippen LogP contribution in [0.4, 0.5) is 16.3 Å². The number of pyridine rings is 1. The fourth-order valence-corrected chi connectivity index (χ4v) is 4.32. The van der Waals surface area contributed by atoms with Gasteiger partial charge in [-0.3, -0.25) is 9.20 Å². The Morgan fingerprint density at radius 2 is 1.71 bits per heavy atom. The first-order chi connectivity index (χ1) is 16.1.